The van der Waals surface area contributed by atoms with Gasteiger partial charge in [-0.3, -0.25) is 4.90 Å². The number of alkyl halides is 3. The lowest BCUT2D eigenvalue weighted by molar-refractivity contribution is -0.137. The summed E-state index contributed by atoms with van der Waals surface area (Å²) in [7, 11) is 0. The second kappa shape index (κ2) is 6.71. The topological polar surface area (TPSA) is 29.5 Å². The summed E-state index contributed by atoms with van der Waals surface area (Å²) in [6.45, 7) is 1.86. The van der Waals surface area contributed by atoms with Crippen LogP contribution in [-0.4, -0.2) is 17.0 Å². The van der Waals surface area contributed by atoms with E-state index in [1.807, 2.05) is 37.3 Å². The Morgan fingerprint density at radius 2 is 1.84 bits per heavy atom. The molecule has 0 unspecified atom stereocenters. The van der Waals surface area contributed by atoms with Crippen LogP contribution in [0.3, 0.4) is 0 Å². The molecule has 1 aliphatic heterocycles. The number of carbonyl (C=O) groups excluding carboxylic acids is 1. The lowest BCUT2D eigenvalue weighted by Gasteiger charge is -2.22. The maximum atomic E-state index is 12.9. The molecule has 0 spiro atoms. The van der Waals surface area contributed by atoms with Crippen molar-refractivity contribution < 1.29 is 22.7 Å². The Morgan fingerprint density at radius 3 is 2.48 bits per heavy atom. The van der Waals surface area contributed by atoms with Crippen LogP contribution >= 0.6 is 15.9 Å². The fraction of sp³-hybridized carbons (Fsp3) is 0.278. The molecule has 0 saturated carbocycles. The Hall–Kier alpha value is -2.02. The first-order valence-corrected chi connectivity index (χ1v) is 8.44. The quantitative estimate of drug-likeness (QED) is 0.659. The lowest BCUT2D eigenvalue weighted by atomic mass is 10.0. The van der Waals surface area contributed by atoms with Gasteiger partial charge in [-0.05, 0) is 36.2 Å². The van der Waals surface area contributed by atoms with Gasteiger partial charge >= 0.3 is 12.3 Å². The molecule has 0 bridgehead atoms. The Morgan fingerprint density at radius 1 is 1.16 bits per heavy atom. The van der Waals surface area contributed by atoms with Gasteiger partial charge in [-0.2, -0.15) is 13.2 Å². The van der Waals surface area contributed by atoms with E-state index in [2.05, 4.69) is 15.9 Å². The van der Waals surface area contributed by atoms with Gasteiger partial charge in [-0.1, -0.05) is 46.3 Å². The van der Waals surface area contributed by atoms with Gasteiger partial charge in [0.1, 0.15) is 6.10 Å². The minimum absolute atomic E-state index is 0.0356. The molecule has 3 nitrogen and oxygen atoms in total. The zero-order valence-corrected chi connectivity index (χ0v) is 14.8. The third-order valence-electron chi connectivity index (χ3n) is 4.23. The lowest BCUT2D eigenvalue weighted by Crippen LogP contribution is -2.31. The summed E-state index contributed by atoms with van der Waals surface area (Å²) in [6, 6.07) is 12.4. The number of hydrogen-bond acceptors (Lipinski definition) is 2. The number of amides is 1. The summed E-state index contributed by atoms with van der Waals surface area (Å²) < 4.78 is 44.7. The summed E-state index contributed by atoms with van der Waals surface area (Å²) in [4.78, 5) is 13.7. The van der Waals surface area contributed by atoms with Crippen LogP contribution in [0.5, 0.6) is 0 Å². The molecule has 1 fully saturated rings. The van der Waals surface area contributed by atoms with Gasteiger partial charge in [0.15, 0.2) is 0 Å². The Balaban J connectivity index is 1.85. The molecule has 1 saturated heterocycles. The number of benzene rings is 2. The van der Waals surface area contributed by atoms with Gasteiger partial charge in [0.25, 0.3) is 0 Å². The van der Waals surface area contributed by atoms with Gasteiger partial charge in [-0.25, -0.2) is 4.79 Å². The van der Waals surface area contributed by atoms with Crippen molar-refractivity contribution in [2.75, 3.05) is 0 Å². The molecule has 2 aromatic carbocycles. The van der Waals surface area contributed by atoms with E-state index in [-0.39, 0.29) is 12.6 Å². The molecule has 7 heteroatoms. The van der Waals surface area contributed by atoms with Crippen molar-refractivity contribution in [1.29, 1.82) is 0 Å². The summed E-state index contributed by atoms with van der Waals surface area (Å²) in [6.07, 6.45) is -5.41. The number of nitrogens with zero attached hydrogens (tertiary/aromatic N) is 1. The van der Waals surface area contributed by atoms with Gasteiger partial charge in [0, 0.05) is 4.47 Å². The molecular formula is C18H15BrF3NO2. The Bertz CT molecular complexity index is 780. The van der Waals surface area contributed by atoms with Crippen molar-refractivity contribution in [1.82, 2.24) is 4.90 Å². The second-order valence-corrected chi connectivity index (χ2v) is 6.74. The summed E-state index contributed by atoms with van der Waals surface area (Å²) in [5, 5.41) is 0. The summed E-state index contributed by atoms with van der Waals surface area (Å²) >= 11 is 3.26. The average Bonchev–Trinajstić information content (AvgIpc) is 2.84. The predicted octanol–water partition coefficient (Wildman–Crippen LogP) is 5.55. The molecule has 1 heterocycles. The molecule has 3 rings (SSSR count). The fourth-order valence-electron chi connectivity index (χ4n) is 2.86. The highest BCUT2D eigenvalue weighted by molar-refractivity contribution is 9.10. The van der Waals surface area contributed by atoms with E-state index in [1.165, 1.54) is 11.0 Å². The highest BCUT2D eigenvalue weighted by atomic mass is 79.9. The van der Waals surface area contributed by atoms with E-state index in [0.29, 0.717) is 10.0 Å². The molecule has 0 aliphatic carbocycles. The first-order valence-electron chi connectivity index (χ1n) is 7.65. The zero-order chi connectivity index (χ0) is 18.2. The summed E-state index contributed by atoms with van der Waals surface area (Å²) in [5.41, 5.74) is 0.492. The van der Waals surface area contributed by atoms with Crippen LogP contribution in [0.15, 0.2) is 53.0 Å². The molecule has 1 amide bonds. The monoisotopic (exact) mass is 413 g/mol. The molecule has 132 valence electrons. The largest absolute Gasteiger partial charge is 0.439 e. The third kappa shape index (κ3) is 3.66. The SMILES string of the molecule is C[C@H]1[C@@H](c2ccccc2)OC(=O)N1Cc1cc(C(F)(F)F)ccc1Br. The number of ether oxygens (including phenoxy) is 1. The van der Waals surface area contributed by atoms with E-state index >= 15 is 0 Å². The van der Waals surface area contributed by atoms with Crippen LogP contribution in [-0.2, 0) is 17.5 Å². The minimum atomic E-state index is -4.43. The molecule has 25 heavy (non-hydrogen) atoms. The first kappa shape index (κ1) is 17.8. The number of carbonyl (C=O) groups is 1. The van der Waals surface area contributed by atoms with Crippen LogP contribution in [0.4, 0.5) is 18.0 Å². The van der Waals surface area contributed by atoms with Crippen LogP contribution in [0.2, 0.25) is 0 Å². The Labute approximate surface area is 151 Å². The van der Waals surface area contributed by atoms with Gasteiger partial charge in [0.2, 0.25) is 0 Å². The Kier molecular flexibility index (Phi) is 4.77. The van der Waals surface area contributed by atoms with E-state index in [1.54, 1.807) is 0 Å². The molecule has 1 aliphatic rings. The number of hydrogen-bond donors (Lipinski definition) is 0. The van der Waals surface area contributed by atoms with Crippen LogP contribution < -0.4 is 0 Å². The van der Waals surface area contributed by atoms with Crippen LogP contribution in [0.25, 0.3) is 0 Å². The minimum Gasteiger partial charge on any atom is -0.439 e. The predicted molar refractivity (Wildman–Crippen MR) is 89.8 cm³/mol. The number of cyclic esters (lactones) is 1. The van der Waals surface area contributed by atoms with Crippen molar-refractivity contribution >= 4 is 22.0 Å². The van der Waals surface area contributed by atoms with E-state index in [9.17, 15) is 18.0 Å². The third-order valence-corrected chi connectivity index (χ3v) is 5.01. The zero-order valence-electron chi connectivity index (χ0n) is 13.3. The van der Waals surface area contributed by atoms with E-state index in [4.69, 9.17) is 4.74 Å². The molecular weight excluding hydrogens is 399 g/mol. The number of halogens is 4. The summed E-state index contributed by atoms with van der Waals surface area (Å²) in [5.74, 6) is 0. The highest BCUT2D eigenvalue weighted by Crippen LogP contribution is 2.36. The van der Waals surface area contributed by atoms with Gasteiger partial charge < -0.3 is 4.74 Å². The molecule has 2 aromatic rings. The highest BCUT2D eigenvalue weighted by Gasteiger charge is 2.40. The number of rotatable bonds is 3. The van der Waals surface area contributed by atoms with E-state index < -0.39 is 23.9 Å². The normalized spacial score (nSPS) is 20.7. The molecule has 0 radical (unpaired) electrons. The smallest absolute Gasteiger partial charge is 0.416 e. The van der Waals surface area contributed by atoms with Crippen molar-refractivity contribution in [3.63, 3.8) is 0 Å². The van der Waals surface area contributed by atoms with Gasteiger partial charge in [0.05, 0.1) is 18.2 Å². The molecule has 0 aromatic heterocycles. The van der Waals surface area contributed by atoms with Crippen molar-refractivity contribution in [2.24, 2.45) is 0 Å². The van der Waals surface area contributed by atoms with E-state index in [0.717, 1.165) is 17.7 Å². The molecule has 2 atom stereocenters. The fourth-order valence-corrected chi connectivity index (χ4v) is 3.23. The first-order chi connectivity index (χ1) is 11.8. The second-order valence-electron chi connectivity index (χ2n) is 5.89. The van der Waals surface area contributed by atoms with Crippen molar-refractivity contribution in [3.8, 4) is 0 Å². The maximum Gasteiger partial charge on any atom is 0.416 e. The average molecular weight is 414 g/mol. The molecule has 0 N–H and O–H groups in total. The standard InChI is InChI=1S/C18H15BrF3NO2/c1-11-16(12-5-3-2-4-6-12)25-17(24)23(11)10-13-9-14(18(20,21)22)7-8-15(13)19/h2-9,11,16H,10H2,1H3/t11-,16-/m0/s1. The van der Waals surface area contributed by atoms with Crippen molar-refractivity contribution in [3.05, 3.63) is 69.7 Å². The maximum absolute atomic E-state index is 12.9. The van der Waals surface area contributed by atoms with Crippen LogP contribution in [0, 0.1) is 0 Å². The van der Waals surface area contributed by atoms with Gasteiger partial charge in [-0.15, -0.1) is 0 Å². The van der Waals surface area contributed by atoms with Crippen molar-refractivity contribution in [2.45, 2.75) is 31.8 Å². The van der Waals surface area contributed by atoms with Crippen LogP contribution in [0.1, 0.15) is 29.7 Å².